The molecule has 3 heteroatoms. The van der Waals surface area contributed by atoms with Gasteiger partial charge in [-0.25, -0.2) is 0 Å². The Hall–Kier alpha value is -0.830. The molecule has 2 N–H and O–H groups in total. The first-order valence-electron chi connectivity index (χ1n) is 5.05. The summed E-state index contributed by atoms with van der Waals surface area (Å²) >= 11 is 0. The normalized spacial score (nSPS) is 29.1. The second kappa shape index (κ2) is 3.50. The van der Waals surface area contributed by atoms with E-state index in [4.69, 9.17) is 5.73 Å². The van der Waals surface area contributed by atoms with Crippen LogP contribution in [0.15, 0.2) is 12.3 Å². The SMILES string of the molecule is Cc1ccn(C2CCCCC2N)n1. The first-order valence-corrected chi connectivity index (χ1v) is 5.05. The lowest BCUT2D eigenvalue weighted by Crippen LogP contribution is -2.35. The molecule has 1 aliphatic rings. The van der Waals surface area contributed by atoms with Crippen molar-refractivity contribution in [2.45, 2.75) is 44.7 Å². The molecule has 0 aromatic carbocycles. The van der Waals surface area contributed by atoms with Crippen LogP contribution in [-0.2, 0) is 0 Å². The van der Waals surface area contributed by atoms with Crippen LogP contribution < -0.4 is 5.73 Å². The molecule has 3 nitrogen and oxygen atoms in total. The largest absolute Gasteiger partial charge is 0.326 e. The molecular weight excluding hydrogens is 162 g/mol. The number of hydrogen-bond donors (Lipinski definition) is 1. The molecule has 1 aromatic heterocycles. The van der Waals surface area contributed by atoms with Crippen molar-refractivity contribution in [1.29, 1.82) is 0 Å². The molecule has 2 atom stereocenters. The van der Waals surface area contributed by atoms with Crippen LogP contribution in [0, 0.1) is 6.92 Å². The van der Waals surface area contributed by atoms with Gasteiger partial charge in [0.1, 0.15) is 0 Å². The predicted molar refractivity (Wildman–Crippen MR) is 52.4 cm³/mol. The maximum absolute atomic E-state index is 6.06. The maximum atomic E-state index is 6.06. The third kappa shape index (κ3) is 1.75. The van der Waals surface area contributed by atoms with E-state index in [0.717, 1.165) is 12.1 Å². The molecule has 2 unspecified atom stereocenters. The van der Waals surface area contributed by atoms with E-state index in [1.54, 1.807) is 0 Å². The third-order valence-electron chi connectivity index (χ3n) is 2.86. The average molecular weight is 179 g/mol. The molecule has 2 rings (SSSR count). The molecule has 1 aromatic rings. The highest BCUT2D eigenvalue weighted by Crippen LogP contribution is 2.26. The minimum absolute atomic E-state index is 0.299. The molecule has 1 aliphatic carbocycles. The highest BCUT2D eigenvalue weighted by molar-refractivity contribution is 4.97. The fraction of sp³-hybridized carbons (Fsp3) is 0.700. The summed E-state index contributed by atoms with van der Waals surface area (Å²) in [5, 5.41) is 4.42. The molecule has 0 amide bonds. The van der Waals surface area contributed by atoms with E-state index in [2.05, 4.69) is 5.10 Å². The topological polar surface area (TPSA) is 43.8 Å². The van der Waals surface area contributed by atoms with Gasteiger partial charge in [0, 0.05) is 12.2 Å². The van der Waals surface area contributed by atoms with Crippen molar-refractivity contribution in [1.82, 2.24) is 9.78 Å². The Morgan fingerprint density at radius 3 is 2.85 bits per heavy atom. The zero-order valence-corrected chi connectivity index (χ0v) is 8.11. The zero-order valence-electron chi connectivity index (χ0n) is 8.11. The number of rotatable bonds is 1. The number of hydrogen-bond acceptors (Lipinski definition) is 2. The van der Waals surface area contributed by atoms with E-state index < -0.39 is 0 Å². The van der Waals surface area contributed by atoms with E-state index in [1.807, 2.05) is 23.9 Å². The molecule has 0 aliphatic heterocycles. The van der Waals surface area contributed by atoms with E-state index in [9.17, 15) is 0 Å². The van der Waals surface area contributed by atoms with Gasteiger partial charge in [-0.15, -0.1) is 0 Å². The van der Waals surface area contributed by atoms with E-state index in [-0.39, 0.29) is 0 Å². The molecule has 1 heterocycles. The molecule has 0 spiro atoms. The molecule has 0 radical (unpaired) electrons. The maximum Gasteiger partial charge on any atom is 0.0670 e. The fourth-order valence-corrected chi connectivity index (χ4v) is 2.09. The molecule has 1 fully saturated rings. The Morgan fingerprint density at radius 2 is 2.23 bits per heavy atom. The number of nitrogens with two attached hydrogens (primary N) is 1. The molecule has 72 valence electrons. The smallest absolute Gasteiger partial charge is 0.0670 e. The fourth-order valence-electron chi connectivity index (χ4n) is 2.09. The summed E-state index contributed by atoms with van der Waals surface area (Å²) in [5.74, 6) is 0. The van der Waals surface area contributed by atoms with Crippen LogP contribution in [-0.4, -0.2) is 15.8 Å². The van der Waals surface area contributed by atoms with Crippen molar-refractivity contribution in [3.63, 3.8) is 0 Å². The lowest BCUT2D eigenvalue weighted by Gasteiger charge is -2.28. The standard InChI is InChI=1S/C10H17N3/c1-8-6-7-13(12-8)10-5-3-2-4-9(10)11/h6-7,9-10H,2-5,11H2,1H3. The quantitative estimate of drug-likeness (QED) is 0.712. The molecule has 0 bridgehead atoms. The Bertz CT molecular complexity index is 279. The Labute approximate surface area is 78.9 Å². The Kier molecular flexibility index (Phi) is 2.36. The third-order valence-corrected chi connectivity index (χ3v) is 2.86. The van der Waals surface area contributed by atoms with Gasteiger partial charge in [-0.2, -0.15) is 5.10 Å². The van der Waals surface area contributed by atoms with Crippen molar-refractivity contribution in [3.05, 3.63) is 18.0 Å². The van der Waals surface area contributed by atoms with Crippen molar-refractivity contribution < 1.29 is 0 Å². The van der Waals surface area contributed by atoms with Gasteiger partial charge in [0.2, 0.25) is 0 Å². The summed E-state index contributed by atoms with van der Waals surface area (Å²) in [6.45, 7) is 2.02. The van der Waals surface area contributed by atoms with Gasteiger partial charge in [0.25, 0.3) is 0 Å². The second-order valence-corrected chi connectivity index (χ2v) is 3.95. The minimum Gasteiger partial charge on any atom is -0.326 e. The Morgan fingerprint density at radius 1 is 1.46 bits per heavy atom. The highest BCUT2D eigenvalue weighted by Gasteiger charge is 2.23. The lowest BCUT2D eigenvalue weighted by molar-refractivity contribution is 0.286. The lowest BCUT2D eigenvalue weighted by atomic mass is 9.91. The van der Waals surface area contributed by atoms with Crippen LogP contribution >= 0.6 is 0 Å². The van der Waals surface area contributed by atoms with Crippen LogP contribution in [0.1, 0.15) is 37.4 Å². The van der Waals surface area contributed by atoms with Crippen LogP contribution in [0.3, 0.4) is 0 Å². The Balaban J connectivity index is 2.14. The van der Waals surface area contributed by atoms with Gasteiger partial charge in [-0.1, -0.05) is 12.8 Å². The summed E-state index contributed by atoms with van der Waals surface area (Å²) in [4.78, 5) is 0. The number of aryl methyl sites for hydroxylation is 1. The van der Waals surface area contributed by atoms with Crippen molar-refractivity contribution in [2.75, 3.05) is 0 Å². The molecule has 13 heavy (non-hydrogen) atoms. The van der Waals surface area contributed by atoms with Gasteiger partial charge >= 0.3 is 0 Å². The first-order chi connectivity index (χ1) is 6.27. The molecular formula is C10H17N3. The van der Waals surface area contributed by atoms with Crippen LogP contribution in [0.4, 0.5) is 0 Å². The van der Waals surface area contributed by atoms with Crippen molar-refractivity contribution in [3.8, 4) is 0 Å². The summed E-state index contributed by atoms with van der Waals surface area (Å²) in [5.41, 5.74) is 7.14. The van der Waals surface area contributed by atoms with Crippen molar-refractivity contribution in [2.24, 2.45) is 5.73 Å². The second-order valence-electron chi connectivity index (χ2n) is 3.95. The minimum atomic E-state index is 0.299. The predicted octanol–water partition coefficient (Wildman–Crippen LogP) is 1.63. The number of nitrogens with zero attached hydrogens (tertiary/aromatic N) is 2. The summed E-state index contributed by atoms with van der Waals surface area (Å²) in [6, 6.07) is 2.77. The van der Waals surface area contributed by atoms with E-state index >= 15 is 0 Å². The zero-order chi connectivity index (χ0) is 9.26. The molecule has 0 saturated heterocycles. The van der Waals surface area contributed by atoms with Gasteiger partial charge in [-0.05, 0) is 25.8 Å². The van der Waals surface area contributed by atoms with Gasteiger partial charge in [-0.3, -0.25) is 4.68 Å². The van der Waals surface area contributed by atoms with Gasteiger partial charge in [0.05, 0.1) is 11.7 Å². The first kappa shape index (κ1) is 8.75. The van der Waals surface area contributed by atoms with E-state index in [0.29, 0.717) is 12.1 Å². The summed E-state index contributed by atoms with van der Waals surface area (Å²) in [7, 11) is 0. The van der Waals surface area contributed by atoms with Crippen molar-refractivity contribution >= 4 is 0 Å². The monoisotopic (exact) mass is 179 g/mol. The van der Waals surface area contributed by atoms with E-state index in [1.165, 1.54) is 19.3 Å². The van der Waals surface area contributed by atoms with Crippen LogP contribution in [0.2, 0.25) is 0 Å². The summed E-state index contributed by atoms with van der Waals surface area (Å²) < 4.78 is 2.04. The highest BCUT2D eigenvalue weighted by atomic mass is 15.3. The van der Waals surface area contributed by atoms with Crippen LogP contribution in [0.5, 0.6) is 0 Å². The van der Waals surface area contributed by atoms with Gasteiger partial charge < -0.3 is 5.73 Å². The average Bonchev–Trinajstić information content (AvgIpc) is 2.53. The molecule has 1 saturated carbocycles. The summed E-state index contributed by atoms with van der Waals surface area (Å²) in [6.07, 6.45) is 6.94. The van der Waals surface area contributed by atoms with Crippen LogP contribution in [0.25, 0.3) is 0 Å². The number of aromatic nitrogens is 2. The van der Waals surface area contributed by atoms with Gasteiger partial charge in [0.15, 0.2) is 0 Å².